The van der Waals surface area contributed by atoms with Crippen molar-refractivity contribution in [1.82, 2.24) is 4.90 Å². The average Bonchev–Trinajstić information content (AvgIpc) is 2.81. The van der Waals surface area contributed by atoms with Gasteiger partial charge in [-0.2, -0.15) is 0 Å². The van der Waals surface area contributed by atoms with Crippen molar-refractivity contribution in [2.75, 3.05) is 7.05 Å². The number of phenols is 1. The van der Waals surface area contributed by atoms with Crippen LogP contribution in [0.15, 0.2) is 51.7 Å². The number of carbonyl (C=O) groups is 1. The Kier molecular flexibility index (Phi) is 3.15. The number of benzene rings is 2. The second kappa shape index (κ2) is 5.11. The predicted octanol–water partition coefficient (Wildman–Crippen LogP) is 3.33. The standard InChI is InChI=1S/C18H12ClNO4/c1-20-15(9-3-2-4-11(21)7-9)14-16(22)12-8-10(19)5-6-13(12)24-17(14)18(20)23/h2-8,15,21H,1H3/t15-/m0/s1. The van der Waals surface area contributed by atoms with Gasteiger partial charge in [-0.25, -0.2) is 0 Å². The Bertz CT molecular complexity index is 1060. The third-order valence-electron chi connectivity index (χ3n) is 4.25. The number of halogens is 1. The first-order chi connectivity index (χ1) is 11.5. The van der Waals surface area contributed by atoms with Crippen LogP contribution in [0.1, 0.15) is 27.7 Å². The van der Waals surface area contributed by atoms with Gasteiger partial charge in [0.25, 0.3) is 5.91 Å². The average molecular weight is 342 g/mol. The van der Waals surface area contributed by atoms with Gasteiger partial charge < -0.3 is 14.4 Å². The lowest BCUT2D eigenvalue weighted by atomic mass is 9.98. The lowest BCUT2D eigenvalue weighted by Gasteiger charge is -2.20. The van der Waals surface area contributed by atoms with Gasteiger partial charge in [0.05, 0.1) is 17.0 Å². The first-order valence-corrected chi connectivity index (χ1v) is 7.67. The molecule has 3 aromatic rings. The Morgan fingerprint density at radius 3 is 2.71 bits per heavy atom. The Hall–Kier alpha value is -2.79. The molecule has 1 aliphatic heterocycles. The van der Waals surface area contributed by atoms with E-state index in [9.17, 15) is 14.7 Å². The summed E-state index contributed by atoms with van der Waals surface area (Å²) >= 11 is 5.98. The van der Waals surface area contributed by atoms with E-state index in [-0.39, 0.29) is 28.4 Å². The molecule has 24 heavy (non-hydrogen) atoms. The Balaban J connectivity index is 2.05. The highest BCUT2D eigenvalue weighted by molar-refractivity contribution is 6.31. The Morgan fingerprint density at radius 1 is 1.17 bits per heavy atom. The van der Waals surface area contributed by atoms with E-state index in [1.54, 1.807) is 31.3 Å². The van der Waals surface area contributed by atoms with Gasteiger partial charge in [0.2, 0.25) is 5.76 Å². The van der Waals surface area contributed by atoms with Gasteiger partial charge in [0.1, 0.15) is 11.3 Å². The van der Waals surface area contributed by atoms with Crippen molar-refractivity contribution in [3.8, 4) is 5.75 Å². The van der Waals surface area contributed by atoms with E-state index in [2.05, 4.69) is 0 Å². The molecule has 0 saturated heterocycles. The highest BCUT2D eigenvalue weighted by Gasteiger charge is 2.40. The lowest BCUT2D eigenvalue weighted by molar-refractivity contribution is 0.0771. The van der Waals surface area contributed by atoms with Gasteiger partial charge in [-0.1, -0.05) is 23.7 Å². The third-order valence-corrected chi connectivity index (χ3v) is 4.48. The van der Waals surface area contributed by atoms with Gasteiger partial charge in [0, 0.05) is 12.1 Å². The first-order valence-electron chi connectivity index (χ1n) is 7.29. The summed E-state index contributed by atoms with van der Waals surface area (Å²) in [5.41, 5.74) is 0.933. The number of nitrogens with zero attached hydrogens (tertiary/aromatic N) is 1. The maximum atomic E-state index is 13.0. The number of amides is 1. The number of hydrogen-bond acceptors (Lipinski definition) is 4. The number of rotatable bonds is 1. The molecule has 4 rings (SSSR count). The van der Waals surface area contributed by atoms with Crippen molar-refractivity contribution in [3.63, 3.8) is 0 Å². The quantitative estimate of drug-likeness (QED) is 0.737. The monoisotopic (exact) mass is 341 g/mol. The molecule has 0 spiro atoms. The zero-order valence-corrected chi connectivity index (χ0v) is 13.4. The maximum Gasteiger partial charge on any atom is 0.290 e. The van der Waals surface area contributed by atoms with Gasteiger partial charge in [-0.15, -0.1) is 0 Å². The van der Waals surface area contributed by atoms with Crippen molar-refractivity contribution in [2.45, 2.75) is 6.04 Å². The van der Waals surface area contributed by atoms with E-state index >= 15 is 0 Å². The van der Waals surface area contributed by atoms with Crippen molar-refractivity contribution in [3.05, 3.63) is 74.6 Å². The second-order valence-corrected chi connectivity index (χ2v) is 6.16. The lowest BCUT2D eigenvalue weighted by Crippen LogP contribution is -2.25. The van der Waals surface area contributed by atoms with Crippen molar-refractivity contribution in [2.24, 2.45) is 0 Å². The highest BCUT2D eigenvalue weighted by atomic mass is 35.5. The fourth-order valence-corrected chi connectivity index (χ4v) is 3.32. The minimum Gasteiger partial charge on any atom is -0.508 e. The van der Waals surface area contributed by atoms with Crippen LogP contribution < -0.4 is 5.43 Å². The molecule has 0 bridgehead atoms. The largest absolute Gasteiger partial charge is 0.508 e. The Labute approximate surface area is 141 Å². The van der Waals surface area contributed by atoms with Crippen molar-refractivity contribution >= 4 is 28.5 Å². The summed E-state index contributed by atoms with van der Waals surface area (Å²) < 4.78 is 5.69. The van der Waals surface area contributed by atoms with Crippen LogP contribution in [0.5, 0.6) is 5.75 Å². The first kappa shape index (κ1) is 14.8. The summed E-state index contributed by atoms with van der Waals surface area (Å²) in [6.07, 6.45) is 0. The molecular formula is C18H12ClNO4. The van der Waals surface area contributed by atoms with E-state index in [1.807, 2.05) is 0 Å². The summed E-state index contributed by atoms with van der Waals surface area (Å²) in [5, 5.41) is 10.5. The molecule has 0 aliphatic carbocycles. The summed E-state index contributed by atoms with van der Waals surface area (Å²) in [6, 6.07) is 10.6. The molecule has 1 N–H and O–H groups in total. The van der Waals surface area contributed by atoms with Gasteiger partial charge in [-0.3, -0.25) is 9.59 Å². The number of phenolic OH excluding ortho intramolecular Hbond substituents is 1. The molecule has 0 saturated carbocycles. The third kappa shape index (κ3) is 2.02. The molecule has 0 fully saturated rings. The fraction of sp³-hybridized carbons (Fsp3) is 0.111. The van der Waals surface area contributed by atoms with Crippen LogP contribution in [0.3, 0.4) is 0 Å². The Morgan fingerprint density at radius 2 is 1.96 bits per heavy atom. The summed E-state index contributed by atoms with van der Waals surface area (Å²) in [4.78, 5) is 26.9. The predicted molar refractivity (Wildman–Crippen MR) is 89.5 cm³/mol. The maximum absolute atomic E-state index is 13.0. The number of aromatic hydroxyl groups is 1. The zero-order chi connectivity index (χ0) is 17.0. The summed E-state index contributed by atoms with van der Waals surface area (Å²) in [6.45, 7) is 0. The molecule has 1 aromatic heterocycles. The van der Waals surface area contributed by atoms with Gasteiger partial charge in [0.15, 0.2) is 5.43 Å². The molecule has 120 valence electrons. The second-order valence-electron chi connectivity index (χ2n) is 5.73. The van der Waals surface area contributed by atoms with E-state index in [0.29, 0.717) is 21.6 Å². The van der Waals surface area contributed by atoms with Crippen LogP contribution in [0.2, 0.25) is 5.02 Å². The minimum absolute atomic E-state index is 0.0330. The molecule has 0 radical (unpaired) electrons. The molecular weight excluding hydrogens is 330 g/mol. The van der Waals surface area contributed by atoms with E-state index in [0.717, 1.165) is 0 Å². The zero-order valence-electron chi connectivity index (χ0n) is 12.6. The number of carbonyl (C=O) groups excluding carboxylic acids is 1. The fourth-order valence-electron chi connectivity index (χ4n) is 3.15. The van der Waals surface area contributed by atoms with Crippen LogP contribution >= 0.6 is 11.6 Å². The van der Waals surface area contributed by atoms with E-state index in [1.165, 1.54) is 23.1 Å². The van der Waals surface area contributed by atoms with Crippen LogP contribution in [-0.4, -0.2) is 23.0 Å². The highest BCUT2D eigenvalue weighted by Crippen LogP contribution is 2.37. The number of fused-ring (bicyclic) bond motifs is 2. The minimum atomic E-state index is -0.612. The van der Waals surface area contributed by atoms with E-state index < -0.39 is 6.04 Å². The molecule has 1 amide bonds. The molecule has 2 heterocycles. The van der Waals surface area contributed by atoms with Crippen molar-refractivity contribution < 1.29 is 14.3 Å². The van der Waals surface area contributed by atoms with E-state index in [4.69, 9.17) is 16.0 Å². The smallest absolute Gasteiger partial charge is 0.290 e. The molecule has 0 unspecified atom stereocenters. The molecule has 5 nitrogen and oxygen atoms in total. The molecule has 2 aromatic carbocycles. The van der Waals surface area contributed by atoms with Crippen molar-refractivity contribution in [1.29, 1.82) is 0 Å². The van der Waals surface area contributed by atoms with Crippen LogP contribution in [-0.2, 0) is 0 Å². The van der Waals surface area contributed by atoms with Gasteiger partial charge >= 0.3 is 0 Å². The molecule has 1 aliphatic rings. The summed E-state index contributed by atoms with van der Waals surface area (Å²) in [5.74, 6) is -0.270. The normalized spacial score (nSPS) is 16.7. The van der Waals surface area contributed by atoms with Crippen LogP contribution in [0.4, 0.5) is 0 Å². The SMILES string of the molecule is CN1C(=O)c2oc3ccc(Cl)cc3c(=O)c2[C@@H]1c1cccc(O)c1. The molecule has 1 atom stereocenters. The van der Waals surface area contributed by atoms with Crippen LogP contribution in [0.25, 0.3) is 11.0 Å². The summed E-state index contributed by atoms with van der Waals surface area (Å²) in [7, 11) is 1.60. The van der Waals surface area contributed by atoms with Gasteiger partial charge in [-0.05, 0) is 35.9 Å². The topological polar surface area (TPSA) is 70.8 Å². The molecule has 6 heteroatoms. The number of hydrogen-bond donors (Lipinski definition) is 1. The van der Waals surface area contributed by atoms with Crippen LogP contribution in [0, 0.1) is 0 Å².